The average molecular weight is 457 g/mol. The standard InChI is InChI=1S/C18H18F3N5O4S/c1-4-31(28,29)12-5-6-13(22-9-14(27)30-3)25-15(12)17-24-11-7-10(18(19,20)21)8-23-16(11)26(17)2/h5-8H,4,9H2,1-3H3,(H,22,25). The number of methoxy groups -OCH3 is 1. The SMILES string of the molecule is CCS(=O)(=O)c1ccc(NCC(=O)OC)nc1-c1nc2cc(C(F)(F)F)cnc2n1C. The van der Waals surface area contributed by atoms with E-state index in [4.69, 9.17) is 0 Å². The van der Waals surface area contributed by atoms with Gasteiger partial charge in [0, 0.05) is 13.2 Å². The Hall–Kier alpha value is -3.22. The van der Waals surface area contributed by atoms with Gasteiger partial charge in [-0.2, -0.15) is 13.2 Å². The lowest BCUT2D eigenvalue weighted by Crippen LogP contribution is -2.16. The van der Waals surface area contributed by atoms with Gasteiger partial charge in [0.25, 0.3) is 0 Å². The highest BCUT2D eigenvalue weighted by Gasteiger charge is 2.32. The second kappa shape index (κ2) is 8.13. The first-order valence-electron chi connectivity index (χ1n) is 8.92. The molecule has 0 aliphatic rings. The summed E-state index contributed by atoms with van der Waals surface area (Å²) in [6.07, 6.45) is -3.93. The largest absolute Gasteiger partial charge is 0.468 e. The Bertz CT molecular complexity index is 1260. The van der Waals surface area contributed by atoms with Crippen LogP contribution >= 0.6 is 0 Å². The van der Waals surface area contributed by atoms with Gasteiger partial charge in [0.15, 0.2) is 21.3 Å². The Morgan fingerprint density at radius 3 is 2.58 bits per heavy atom. The lowest BCUT2D eigenvalue weighted by Gasteiger charge is -2.11. The van der Waals surface area contributed by atoms with Gasteiger partial charge in [-0.25, -0.2) is 23.4 Å². The van der Waals surface area contributed by atoms with E-state index >= 15 is 0 Å². The van der Waals surface area contributed by atoms with Crippen LogP contribution in [0.5, 0.6) is 0 Å². The Morgan fingerprint density at radius 2 is 1.97 bits per heavy atom. The fraction of sp³-hybridized carbons (Fsp3) is 0.333. The normalized spacial score (nSPS) is 12.2. The molecule has 3 heterocycles. The Labute approximate surface area is 175 Å². The number of nitrogens with one attached hydrogen (secondary N) is 1. The zero-order chi connectivity index (χ0) is 23.0. The minimum Gasteiger partial charge on any atom is -0.468 e. The quantitative estimate of drug-likeness (QED) is 0.561. The summed E-state index contributed by atoms with van der Waals surface area (Å²) in [7, 11) is -1.05. The molecule has 9 nitrogen and oxygen atoms in total. The van der Waals surface area contributed by atoms with Crippen molar-refractivity contribution in [1.29, 1.82) is 0 Å². The van der Waals surface area contributed by atoms with Crippen LogP contribution in [0.2, 0.25) is 0 Å². The molecule has 0 aliphatic carbocycles. The molecule has 1 N–H and O–H groups in total. The van der Waals surface area contributed by atoms with E-state index in [1.54, 1.807) is 0 Å². The summed E-state index contributed by atoms with van der Waals surface area (Å²) in [5.41, 5.74) is -1.00. The molecule has 0 atom stereocenters. The number of nitrogens with zero attached hydrogens (tertiary/aromatic N) is 4. The molecule has 0 saturated heterocycles. The van der Waals surface area contributed by atoms with E-state index in [0.29, 0.717) is 6.20 Å². The van der Waals surface area contributed by atoms with Crippen LogP contribution in [0.25, 0.3) is 22.7 Å². The van der Waals surface area contributed by atoms with Gasteiger partial charge in [-0.05, 0) is 18.2 Å². The van der Waals surface area contributed by atoms with E-state index in [1.165, 1.54) is 37.8 Å². The summed E-state index contributed by atoms with van der Waals surface area (Å²) in [4.78, 5) is 23.5. The van der Waals surface area contributed by atoms with E-state index in [1.807, 2.05) is 0 Å². The maximum Gasteiger partial charge on any atom is 0.417 e. The molecule has 0 aromatic carbocycles. The second-order valence-corrected chi connectivity index (χ2v) is 8.68. The van der Waals surface area contributed by atoms with E-state index in [0.717, 1.165) is 6.07 Å². The van der Waals surface area contributed by atoms with Gasteiger partial charge in [0.2, 0.25) is 0 Å². The monoisotopic (exact) mass is 457 g/mol. The lowest BCUT2D eigenvalue weighted by atomic mass is 10.2. The number of fused-ring (bicyclic) bond motifs is 1. The molecule has 3 rings (SSSR count). The van der Waals surface area contributed by atoms with Crippen molar-refractivity contribution in [1.82, 2.24) is 19.5 Å². The average Bonchev–Trinajstić information content (AvgIpc) is 3.07. The number of ether oxygens (including phenoxy) is 1. The van der Waals surface area contributed by atoms with Crippen LogP contribution in [0.4, 0.5) is 19.0 Å². The molecule has 0 unspecified atom stereocenters. The van der Waals surface area contributed by atoms with Crippen molar-refractivity contribution in [3.63, 3.8) is 0 Å². The zero-order valence-corrected chi connectivity index (χ0v) is 17.5. The number of pyridine rings is 2. The molecule has 31 heavy (non-hydrogen) atoms. The Morgan fingerprint density at radius 1 is 1.26 bits per heavy atom. The van der Waals surface area contributed by atoms with Gasteiger partial charge in [0.1, 0.15) is 23.6 Å². The van der Waals surface area contributed by atoms with Gasteiger partial charge in [-0.3, -0.25) is 4.79 Å². The van der Waals surface area contributed by atoms with Crippen LogP contribution in [0.15, 0.2) is 29.3 Å². The van der Waals surface area contributed by atoms with Gasteiger partial charge < -0.3 is 14.6 Å². The van der Waals surface area contributed by atoms with Gasteiger partial charge >= 0.3 is 12.1 Å². The third kappa shape index (κ3) is 4.45. The Balaban J connectivity index is 2.20. The highest BCUT2D eigenvalue weighted by Crippen LogP contribution is 2.33. The number of aryl methyl sites for hydroxylation is 1. The molecule has 0 radical (unpaired) electrons. The first kappa shape index (κ1) is 22.5. The number of hydrogen-bond acceptors (Lipinski definition) is 8. The first-order chi connectivity index (χ1) is 14.5. The summed E-state index contributed by atoms with van der Waals surface area (Å²) in [5, 5.41) is 2.70. The number of hydrogen-bond donors (Lipinski definition) is 1. The van der Waals surface area contributed by atoms with E-state index in [2.05, 4.69) is 25.0 Å². The molecule has 0 spiro atoms. The molecule has 0 bridgehead atoms. The van der Waals surface area contributed by atoms with Crippen molar-refractivity contribution in [3.8, 4) is 11.5 Å². The second-order valence-electron chi connectivity index (χ2n) is 6.44. The topological polar surface area (TPSA) is 116 Å². The summed E-state index contributed by atoms with van der Waals surface area (Å²) >= 11 is 0. The van der Waals surface area contributed by atoms with Crippen LogP contribution in [0.1, 0.15) is 12.5 Å². The molecular formula is C18H18F3N5O4S. The van der Waals surface area contributed by atoms with Crippen LogP contribution in [0.3, 0.4) is 0 Å². The fourth-order valence-electron chi connectivity index (χ4n) is 2.79. The highest BCUT2D eigenvalue weighted by atomic mass is 32.2. The first-order valence-corrected chi connectivity index (χ1v) is 10.6. The molecule has 0 aliphatic heterocycles. The summed E-state index contributed by atoms with van der Waals surface area (Å²) in [6, 6.07) is 3.51. The highest BCUT2D eigenvalue weighted by molar-refractivity contribution is 7.91. The summed E-state index contributed by atoms with van der Waals surface area (Å²) in [6.45, 7) is 1.23. The van der Waals surface area contributed by atoms with E-state index in [-0.39, 0.29) is 45.7 Å². The molecule has 3 aromatic rings. The summed E-state index contributed by atoms with van der Waals surface area (Å²) in [5.74, 6) is -0.626. The number of sulfone groups is 1. The number of aromatic nitrogens is 4. The molecule has 0 amide bonds. The molecule has 166 valence electrons. The van der Waals surface area contributed by atoms with Crippen molar-refractivity contribution >= 4 is 32.8 Å². The maximum absolute atomic E-state index is 13.0. The van der Waals surface area contributed by atoms with Crippen molar-refractivity contribution < 1.29 is 31.1 Å². The number of halogens is 3. The minimum absolute atomic E-state index is 0.00978. The number of carbonyl (C=O) groups excluding carboxylic acids is 1. The summed E-state index contributed by atoms with van der Waals surface area (Å²) < 4.78 is 70.2. The number of esters is 1. The molecule has 13 heteroatoms. The molecular weight excluding hydrogens is 439 g/mol. The third-order valence-corrected chi connectivity index (χ3v) is 6.22. The minimum atomic E-state index is -4.61. The van der Waals surface area contributed by atoms with Crippen LogP contribution < -0.4 is 5.32 Å². The number of imidazole rings is 1. The predicted molar refractivity (Wildman–Crippen MR) is 105 cm³/mol. The molecule has 0 fully saturated rings. The van der Waals surface area contributed by atoms with Crippen LogP contribution in [0, 0.1) is 0 Å². The van der Waals surface area contributed by atoms with Crippen molar-refractivity contribution in [3.05, 3.63) is 30.0 Å². The van der Waals surface area contributed by atoms with E-state index < -0.39 is 27.5 Å². The maximum atomic E-state index is 13.0. The van der Waals surface area contributed by atoms with Gasteiger partial charge in [-0.1, -0.05) is 6.92 Å². The number of carbonyl (C=O) groups is 1. The zero-order valence-electron chi connectivity index (χ0n) is 16.7. The van der Waals surface area contributed by atoms with Crippen LogP contribution in [-0.2, 0) is 32.6 Å². The Kier molecular flexibility index (Phi) is 5.89. The van der Waals surface area contributed by atoms with Crippen molar-refractivity contribution in [2.24, 2.45) is 7.05 Å². The lowest BCUT2D eigenvalue weighted by molar-refractivity contribution is -0.139. The smallest absolute Gasteiger partial charge is 0.417 e. The van der Waals surface area contributed by atoms with Crippen molar-refractivity contribution in [2.75, 3.05) is 24.7 Å². The number of anilines is 1. The van der Waals surface area contributed by atoms with Gasteiger partial charge in [-0.15, -0.1) is 0 Å². The third-order valence-electron chi connectivity index (χ3n) is 4.46. The van der Waals surface area contributed by atoms with Gasteiger partial charge in [0.05, 0.1) is 23.3 Å². The number of alkyl halides is 3. The number of rotatable bonds is 6. The van der Waals surface area contributed by atoms with E-state index in [9.17, 15) is 26.4 Å². The molecule has 3 aromatic heterocycles. The van der Waals surface area contributed by atoms with Crippen LogP contribution in [-0.4, -0.2) is 53.3 Å². The fourth-order valence-corrected chi connectivity index (χ4v) is 3.81. The van der Waals surface area contributed by atoms with Crippen molar-refractivity contribution in [2.45, 2.75) is 18.0 Å². The predicted octanol–water partition coefficient (Wildman–Crippen LogP) is 2.43. The molecule has 0 saturated carbocycles.